The van der Waals surface area contributed by atoms with Gasteiger partial charge in [0.15, 0.2) is 0 Å². The van der Waals surface area contributed by atoms with Crippen LogP contribution in [0.4, 0.5) is 5.69 Å². The molecule has 3 N–H and O–H groups in total. The fourth-order valence-corrected chi connectivity index (χ4v) is 1.16. The predicted octanol–water partition coefficient (Wildman–Crippen LogP) is 0.357. The average molecular weight is 151 g/mol. The molecule has 3 nitrogen and oxygen atoms in total. The first kappa shape index (κ1) is 7.75. The van der Waals surface area contributed by atoms with E-state index in [4.69, 9.17) is 0 Å². The van der Waals surface area contributed by atoms with Gasteiger partial charge in [-0.25, -0.2) is 0 Å². The number of hydrogen-bond donors (Lipinski definition) is 1. The molecular weight excluding hydrogens is 142 g/mol. The maximum absolute atomic E-state index is 10.8. The van der Waals surface area contributed by atoms with Gasteiger partial charge in [0.2, 0.25) is 5.91 Å². The lowest BCUT2D eigenvalue weighted by atomic mass is 10.2. The lowest BCUT2D eigenvalue weighted by Crippen LogP contribution is -2.03. The molecular formula is C8H9NO2. The Labute approximate surface area is 64.3 Å². The van der Waals surface area contributed by atoms with Crippen molar-refractivity contribution in [2.45, 2.75) is 6.42 Å². The molecule has 1 aromatic rings. The van der Waals surface area contributed by atoms with Gasteiger partial charge in [0.05, 0.1) is 6.42 Å². The van der Waals surface area contributed by atoms with Gasteiger partial charge in [-0.3, -0.25) is 4.79 Å². The highest BCUT2D eigenvalue weighted by Crippen LogP contribution is 2.20. The molecule has 11 heavy (non-hydrogen) atoms. The Morgan fingerprint density at radius 3 is 2.73 bits per heavy atom. The molecule has 1 aromatic carbocycles. The van der Waals surface area contributed by atoms with Gasteiger partial charge in [0, 0.05) is 5.69 Å². The van der Waals surface area contributed by atoms with Crippen molar-refractivity contribution in [2.24, 2.45) is 0 Å². The summed E-state index contributed by atoms with van der Waals surface area (Å²) in [5.41, 5.74) is 2.07. The van der Waals surface area contributed by atoms with Crippen molar-refractivity contribution in [3.63, 3.8) is 0 Å². The molecule has 1 aliphatic rings. The minimum atomic E-state index is 0. The summed E-state index contributed by atoms with van der Waals surface area (Å²) in [6.07, 6.45) is 0.538. The normalized spacial score (nSPS) is 13.3. The lowest BCUT2D eigenvalue weighted by Gasteiger charge is -1.93. The molecule has 1 aliphatic heterocycles. The van der Waals surface area contributed by atoms with Crippen LogP contribution >= 0.6 is 0 Å². The highest BCUT2D eigenvalue weighted by molar-refractivity contribution is 5.98. The minimum absolute atomic E-state index is 0. The van der Waals surface area contributed by atoms with Crippen molar-refractivity contribution in [1.29, 1.82) is 0 Å². The zero-order valence-corrected chi connectivity index (χ0v) is 5.92. The molecule has 0 aromatic heterocycles. The maximum Gasteiger partial charge on any atom is 0.228 e. The number of para-hydroxylation sites is 1. The van der Waals surface area contributed by atoms with E-state index < -0.39 is 0 Å². The van der Waals surface area contributed by atoms with Gasteiger partial charge in [-0.2, -0.15) is 0 Å². The topological polar surface area (TPSA) is 60.6 Å². The van der Waals surface area contributed by atoms with E-state index in [1.807, 2.05) is 24.3 Å². The predicted molar refractivity (Wildman–Crippen MR) is 42.4 cm³/mol. The van der Waals surface area contributed by atoms with Crippen LogP contribution in [0.2, 0.25) is 0 Å². The number of carbonyl (C=O) groups excluding carboxylic acids is 1. The van der Waals surface area contributed by atoms with Crippen LogP contribution < -0.4 is 5.32 Å². The summed E-state index contributed by atoms with van der Waals surface area (Å²) in [6.45, 7) is 0. The largest absolute Gasteiger partial charge is 0.412 e. The van der Waals surface area contributed by atoms with Crippen molar-refractivity contribution < 1.29 is 10.3 Å². The Balaban J connectivity index is 0.000000605. The molecule has 0 saturated carbocycles. The number of rotatable bonds is 0. The Hall–Kier alpha value is -1.35. The molecule has 0 spiro atoms. The summed E-state index contributed by atoms with van der Waals surface area (Å²) in [4.78, 5) is 10.8. The number of fused-ring (bicyclic) bond motifs is 1. The first-order chi connectivity index (χ1) is 4.86. The fraction of sp³-hybridized carbons (Fsp3) is 0.125. The molecule has 0 radical (unpaired) electrons. The Kier molecular flexibility index (Phi) is 1.92. The van der Waals surface area contributed by atoms with Crippen LogP contribution in [-0.2, 0) is 11.2 Å². The van der Waals surface area contributed by atoms with Gasteiger partial charge in [-0.15, -0.1) is 0 Å². The van der Waals surface area contributed by atoms with Crippen LogP contribution in [0, 0.1) is 0 Å². The Morgan fingerprint density at radius 1 is 1.27 bits per heavy atom. The van der Waals surface area contributed by atoms with Gasteiger partial charge in [-0.05, 0) is 11.6 Å². The maximum atomic E-state index is 10.8. The molecule has 58 valence electrons. The number of hydrogen-bond acceptors (Lipinski definition) is 1. The van der Waals surface area contributed by atoms with E-state index in [-0.39, 0.29) is 11.4 Å². The van der Waals surface area contributed by atoms with Gasteiger partial charge < -0.3 is 10.8 Å². The van der Waals surface area contributed by atoms with Crippen molar-refractivity contribution in [1.82, 2.24) is 0 Å². The molecule has 1 amide bonds. The zero-order valence-electron chi connectivity index (χ0n) is 5.92. The van der Waals surface area contributed by atoms with E-state index in [9.17, 15) is 4.79 Å². The standard InChI is InChI=1S/C8H7NO.H2O/c10-8-5-6-3-1-2-4-7(6)9-8;/h1-4H,5H2,(H,9,10);1H2. The summed E-state index contributed by atoms with van der Waals surface area (Å²) < 4.78 is 0. The van der Waals surface area contributed by atoms with Crippen molar-refractivity contribution >= 4 is 11.6 Å². The highest BCUT2D eigenvalue weighted by Gasteiger charge is 2.15. The van der Waals surface area contributed by atoms with E-state index in [1.165, 1.54) is 0 Å². The zero-order chi connectivity index (χ0) is 6.97. The number of carbonyl (C=O) groups is 1. The molecule has 3 heteroatoms. The molecule has 0 fully saturated rings. The summed E-state index contributed by atoms with van der Waals surface area (Å²) in [6, 6.07) is 7.75. The van der Waals surface area contributed by atoms with Crippen LogP contribution in [0.1, 0.15) is 5.56 Å². The van der Waals surface area contributed by atoms with Crippen LogP contribution in [0.15, 0.2) is 24.3 Å². The van der Waals surface area contributed by atoms with Crippen LogP contribution in [0.3, 0.4) is 0 Å². The Morgan fingerprint density at radius 2 is 2.00 bits per heavy atom. The monoisotopic (exact) mass is 151 g/mol. The molecule has 0 atom stereocenters. The molecule has 0 aliphatic carbocycles. The van der Waals surface area contributed by atoms with E-state index >= 15 is 0 Å². The summed E-state index contributed by atoms with van der Waals surface area (Å²) in [5.74, 6) is 0.0983. The third kappa shape index (κ3) is 1.23. The fourth-order valence-electron chi connectivity index (χ4n) is 1.16. The molecule has 0 saturated heterocycles. The van der Waals surface area contributed by atoms with E-state index in [2.05, 4.69) is 5.32 Å². The number of benzene rings is 1. The third-order valence-electron chi connectivity index (χ3n) is 1.64. The second-order valence-electron chi connectivity index (χ2n) is 2.38. The van der Waals surface area contributed by atoms with E-state index in [0.29, 0.717) is 6.42 Å². The SMILES string of the molecule is O.O=C1Cc2ccccc2N1. The first-order valence-corrected chi connectivity index (χ1v) is 3.24. The van der Waals surface area contributed by atoms with Crippen LogP contribution in [0.5, 0.6) is 0 Å². The number of nitrogens with one attached hydrogen (secondary N) is 1. The highest BCUT2D eigenvalue weighted by atomic mass is 16.1. The van der Waals surface area contributed by atoms with Gasteiger partial charge in [0.1, 0.15) is 0 Å². The molecule has 0 unspecified atom stereocenters. The van der Waals surface area contributed by atoms with Crippen molar-refractivity contribution in [3.8, 4) is 0 Å². The minimum Gasteiger partial charge on any atom is -0.412 e. The molecule has 0 bridgehead atoms. The summed E-state index contributed by atoms with van der Waals surface area (Å²) >= 11 is 0. The lowest BCUT2D eigenvalue weighted by molar-refractivity contribution is -0.115. The van der Waals surface area contributed by atoms with Crippen LogP contribution in [0.25, 0.3) is 0 Å². The van der Waals surface area contributed by atoms with Gasteiger partial charge in [-0.1, -0.05) is 18.2 Å². The summed E-state index contributed by atoms with van der Waals surface area (Å²) in [7, 11) is 0. The second kappa shape index (κ2) is 2.72. The Bertz CT molecular complexity index is 256. The third-order valence-corrected chi connectivity index (χ3v) is 1.64. The quantitative estimate of drug-likeness (QED) is 0.571. The van der Waals surface area contributed by atoms with E-state index in [0.717, 1.165) is 11.3 Å². The number of anilines is 1. The second-order valence-corrected chi connectivity index (χ2v) is 2.38. The average Bonchev–Trinajstić information content (AvgIpc) is 2.27. The van der Waals surface area contributed by atoms with E-state index in [1.54, 1.807) is 0 Å². The van der Waals surface area contributed by atoms with Crippen molar-refractivity contribution in [2.75, 3.05) is 5.32 Å². The molecule has 2 rings (SSSR count). The first-order valence-electron chi connectivity index (χ1n) is 3.24. The van der Waals surface area contributed by atoms with Crippen LogP contribution in [-0.4, -0.2) is 11.4 Å². The van der Waals surface area contributed by atoms with Gasteiger partial charge >= 0.3 is 0 Å². The van der Waals surface area contributed by atoms with Gasteiger partial charge in [0.25, 0.3) is 0 Å². The number of amides is 1. The molecule has 1 heterocycles. The van der Waals surface area contributed by atoms with Crippen molar-refractivity contribution in [3.05, 3.63) is 29.8 Å². The summed E-state index contributed by atoms with van der Waals surface area (Å²) in [5, 5.41) is 2.76. The smallest absolute Gasteiger partial charge is 0.228 e.